The van der Waals surface area contributed by atoms with Gasteiger partial charge in [0.2, 0.25) is 9.84 Å². The molecule has 0 atom stereocenters. The number of benzene rings is 2. The lowest BCUT2D eigenvalue weighted by atomic mass is 9.92. The number of pyridine rings is 1. The van der Waals surface area contributed by atoms with Gasteiger partial charge in [0.25, 0.3) is 5.56 Å². The minimum absolute atomic E-state index is 0.0546. The first-order valence-electron chi connectivity index (χ1n) is 11.7. The maximum Gasteiger partial charge on any atom is 0.356 e. The molecule has 36 heavy (non-hydrogen) atoms. The smallest absolute Gasteiger partial charge is 0.356 e. The zero-order chi connectivity index (χ0) is 25.4. The molecule has 0 bridgehead atoms. The molecule has 2 aromatic heterocycles. The van der Waals surface area contributed by atoms with E-state index in [4.69, 9.17) is 9.84 Å². The topological polar surface area (TPSA) is 111 Å². The van der Waals surface area contributed by atoms with Crippen LogP contribution in [0.2, 0.25) is 0 Å². The first-order chi connectivity index (χ1) is 17.3. The van der Waals surface area contributed by atoms with Crippen molar-refractivity contribution in [2.24, 2.45) is 0 Å². The van der Waals surface area contributed by atoms with E-state index in [9.17, 15) is 18.0 Å². The molecule has 1 aliphatic carbocycles. The molecule has 0 unspecified atom stereocenters. The monoisotopic (exact) mass is 503 g/mol. The van der Waals surface area contributed by atoms with Crippen molar-refractivity contribution in [1.82, 2.24) is 14.8 Å². The lowest BCUT2D eigenvalue weighted by Crippen LogP contribution is -2.21. The number of aromatic amines is 1. The summed E-state index contributed by atoms with van der Waals surface area (Å²) in [5.41, 5.74) is 3.94. The van der Waals surface area contributed by atoms with Crippen molar-refractivity contribution in [2.45, 2.75) is 43.0 Å². The molecule has 0 radical (unpaired) electrons. The summed E-state index contributed by atoms with van der Waals surface area (Å²) in [4.78, 5) is 28.4. The number of carbonyl (C=O) groups is 1. The summed E-state index contributed by atoms with van der Waals surface area (Å²) in [5.74, 6) is -0.479. The number of sulfone groups is 1. The highest BCUT2D eigenvalue weighted by Gasteiger charge is 2.32. The predicted octanol–water partition coefficient (Wildman–Crippen LogP) is 3.70. The minimum atomic E-state index is -3.99. The van der Waals surface area contributed by atoms with Gasteiger partial charge in [0.1, 0.15) is 10.6 Å². The maximum absolute atomic E-state index is 13.1. The molecule has 9 heteroatoms. The summed E-state index contributed by atoms with van der Waals surface area (Å²) in [7, 11) is -3.99. The normalized spacial score (nSPS) is 12.6. The van der Waals surface area contributed by atoms with Crippen molar-refractivity contribution < 1.29 is 17.9 Å². The van der Waals surface area contributed by atoms with Crippen LogP contribution in [0.5, 0.6) is 0 Å². The van der Waals surface area contributed by atoms with Gasteiger partial charge in [-0.1, -0.05) is 48.0 Å². The standard InChI is InChI=1S/C27H25N3O5S/c1-3-35-27(32)25-21-14-13-19-15-22(36(33,34)20-7-5-4-6-8-20)26(31)28-23(19)24(21)29-30(25)16-18-11-9-17(2)10-12-18/h4-12,15H,3,13-14,16H2,1-2H3,(H,28,31). The number of nitrogens with one attached hydrogen (secondary N) is 1. The molecule has 0 aliphatic heterocycles. The molecule has 0 amide bonds. The molecule has 5 rings (SSSR count). The summed E-state index contributed by atoms with van der Waals surface area (Å²) in [6.45, 7) is 4.31. The van der Waals surface area contributed by atoms with Gasteiger partial charge < -0.3 is 9.72 Å². The fourth-order valence-electron chi connectivity index (χ4n) is 4.49. The van der Waals surface area contributed by atoms with Gasteiger partial charge in [-0.2, -0.15) is 5.10 Å². The Kier molecular flexibility index (Phi) is 6.09. The number of aromatic nitrogens is 3. The second-order valence-electron chi connectivity index (χ2n) is 8.72. The van der Waals surface area contributed by atoms with Crippen LogP contribution >= 0.6 is 0 Å². The molecule has 0 saturated carbocycles. The van der Waals surface area contributed by atoms with E-state index in [-0.39, 0.29) is 16.4 Å². The number of hydrogen-bond acceptors (Lipinski definition) is 6. The number of nitrogens with zero attached hydrogens (tertiary/aromatic N) is 2. The van der Waals surface area contributed by atoms with Crippen molar-refractivity contribution >= 4 is 15.8 Å². The van der Waals surface area contributed by atoms with E-state index in [0.717, 1.165) is 11.1 Å². The third-order valence-electron chi connectivity index (χ3n) is 6.29. The fraction of sp³-hybridized carbons (Fsp3) is 0.222. The first-order valence-corrected chi connectivity index (χ1v) is 13.2. The van der Waals surface area contributed by atoms with Gasteiger partial charge in [-0.15, -0.1) is 0 Å². The van der Waals surface area contributed by atoms with Crippen LogP contribution in [0.15, 0.2) is 75.2 Å². The molecule has 0 fully saturated rings. The summed E-state index contributed by atoms with van der Waals surface area (Å²) in [6.07, 6.45) is 0.903. The Hall–Kier alpha value is -3.98. The van der Waals surface area contributed by atoms with Crippen LogP contribution < -0.4 is 5.56 Å². The van der Waals surface area contributed by atoms with Crippen LogP contribution in [-0.2, 0) is 34.0 Å². The third-order valence-corrected chi connectivity index (χ3v) is 8.06. The van der Waals surface area contributed by atoms with Crippen LogP contribution in [0.3, 0.4) is 0 Å². The lowest BCUT2D eigenvalue weighted by Gasteiger charge is -2.16. The van der Waals surface area contributed by atoms with E-state index >= 15 is 0 Å². The number of esters is 1. The number of H-pyrrole nitrogens is 1. The molecule has 8 nitrogen and oxygen atoms in total. The predicted molar refractivity (Wildman–Crippen MR) is 134 cm³/mol. The number of carbonyl (C=O) groups excluding carboxylic acids is 1. The van der Waals surface area contributed by atoms with Gasteiger partial charge in [-0.3, -0.25) is 9.48 Å². The van der Waals surface area contributed by atoms with Gasteiger partial charge in [0.05, 0.1) is 23.7 Å². The van der Waals surface area contributed by atoms with E-state index in [1.54, 1.807) is 29.8 Å². The third kappa shape index (κ3) is 4.15. The van der Waals surface area contributed by atoms with Crippen LogP contribution in [-0.4, -0.2) is 35.8 Å². The Balaban J connectivity index is 1.63. The van der Waals surface area contributed by atoms with Crippen molar-refractivity contribution in [1.29, 1.82) is 0 Å². The largest absolute Gasteiger partial charge is 0.461 e. The van der Waals surface area contributed by atoms with Crippen molar-refractivity contribution in [3.8, 4) is 11.4 Å². The number of hydrogen-bond donors (Lipinski definition) is 1. The molecule has 4 aromatic rings. The molecular formula is C27H25N3O5S. The summed E-state index contributed by atoms with van der Waals surface area (Å²) in [5, 5.41) is 4.70. The van der Waals surface area contributed by atoms with Crippen molar-refractivity contribution in [3.63, 3.8) is 0 Å². The Morgan fingerprint density at radius 2 is 1.81 bits per heavy atom. The average molecular weight is 504 g/mol. The lowest BCUT2D eigenvalue weighted by molar-refractivity contribution is 0.0511. The molecule has 2 heterocycles. The second kappa shape index (κ2) is 9.23. The number of aryl methyl sites for hydroxylation is 2. The molecule has 1 N–H and O–H groups in total. The molecule has 0 saturated heterocycles. The Morgan fingerprint density at radius 3 is 2.50 bits per heavy atom. The summed E-state index contributed by atoms with van der Waals surface area (Å²) < 4.78 is 33.2. The Morgan fingerprint density at radius 1 is 1.08 bits per heavy atom. The van der Waals surface area contributed by atoms with E-state index in [1.165, 1.54) is 18.2 Å². The first kappa shape index (κ1) is 23.7. The molecule has 0 spiro atoms. The van der Waals surface area contributed by atoms with Gasteiger partial charge in [0, 0.05) is 5.56 Å². The highest BCUT2D eigenvalue weighted by molar-refractivity contribution is 7.91. The number of ether oxygens (including phenoxy) is 1. The average Bonchev–Trinajstić information content (AvgIpc) is 3.24. The molecule has 2 aromatic carbocycles. The SMILES string of the molecule is CCOC(=O)c1c2c(nn1Cc1ccc(C)cc1)-c1[nH]c(=O)c(S(=O)(=O)c3ccccc3)cc1CC2. The second-order valence-corrected chi connectivity index (χ2v) is 10.6. The van der Waals surface area contributed by atoms with Gasteiger partial charge in [0.15, 0.2) is 5.69 Å². The number of fused-ring (bicyclic) bond motifs is 3. The van der Waals surface area contributed by atoms with Gasteiger partial charge >= 0.3 is 5.97 Å². The summed E-state index contributed by atoms with van der Waals surface area (Å²) in [6, 6.07) is 17.2. The van der Waals surface area contributed by atoms with Gasteiger partial charge in [-0.05, 0) is 56.0 Å². The van der Waals surface area contributed by atoms with E-state index in [1.807, 2.05) is 31.2 Å². The highest BCUT2D eigenvalue weighted by Crippen LogP contribution is 2.34. The van der Waals surface area contributed by atoms with E-state index in [2.05, 4.69) is 4.98 Å². The van der Waals surface area contributed by atoms with E-state index in [0.29, 0.717) is 47.6 Å². The van der Waals surface area contributed by atoms with Crippen LogP contribution in [0.25, 0.3) is 11.4 Å². The summed E-state index contributed by atoms with van der Waals surface area (Å²) >= 11 is 0. The van der Waals surface area contributed by atoms with E-state index < -0.39 is 21.4 Å². The molecule has 184 valence electrons. The Bertz CT molecular complexity index is 1620. The Labute approximate surface area is 208 Å². The van der Waals surface area contributed by atoms with Gasteiger partial charge in [-0.25, -0.2) is 13.2 Å². The van der Waals surface area contributed by atoms with Crippen LogP contribution in [0, 0.1) is 6.92 Å². The van der Waals surface area contributed by atoms with Crippen LogP contribution in [0.4, 0.5) is 0 Å². The van der Waals surface area contributed by atoms with Crippen molar-refractivity contribution in [2.75, 3.05) is 6.61 Å². The molecular weight excluding hydrogens is 478 g/mol. The zero-order valence-electron chi connectivity index (χ0n) is 19.9. The maximum atomic E-state index is 13.1. The highest BCUT2D eigenvalue weighted by atomic mass is 32.2. The quantitative estimate of drug-likeness (QED) is 0.402. The molecule has 1 aliphatic rings. The zero-order valence-corrected chi connectivity index (χ0v) is 20.8. The van der Waals surface area contributed by atoms with Crippen LogP contribution in [0.1, 0.15) is 39.7 Å². The minimum Gasteiger partial charge on any atom is -0.461 e. The fourth-order valence-corrected chi connectivity index (χ4v) is 5.85. The number of rotatable bonds is 6. The van der Waals surface area contributed by atoms with Crippen molar-refractivity contribution in [3.05, 3.63) is 99.0 Å².